The van der Waals surface area contributed by atoms with Gasteiger partial charge in [-0.15, -0.1) is 0 Å². The third kappa shape index (κ3) is 4.13. The second-order valence-electron chi connectivity index (χ2n) is 3.73. The summed E-state index contributed by atoms with van der Waals surface area (Å²) in [6.07, 6.45) is 4.09. The van der Waals surface area contributed by atoms with Crippen LogP contribution < -0.4 is 5.32 Å². The maximum Gasteiger partial charge on any atom is 0.359 e. The van der Waals surface area contributed by atoms with Gasteiger partial charge in [-0.1, -0.05) is 22.0 Å². The number of hydrogen-bond acceptors (Lipinski definition) is 5. The molecule has 0 fully saturated rings. The highest BCUT2D eigenvalue weighted by molar-refractivity contribution is 9.10. The molecular weight excluding hydrogens is 326 g/mol. The highest BCUT2D eigenvalue weighted by Gasteiger charge is 2.11. The summed E-state index contributed by atoms with van der Waals surface area (Å²) in [5, 5.41) is 2.61. The average molecular weight is 336 g/mol. The molecule has 1 aromatic heterocycles. The van der Waals surface area contributed by atoms with Crippen LogP contribution in [0.4, 0.5) is 5.69 Å². The number of nitrogens with one attached hydrogen (secondary N) is 1. The zero-order chi connectivity index (χ0) is 14.4. The monoisotopic (exact) mass is 335 g/mol. The highest BCUT2D eigenvalue weighted by Crippen LogP contribution is 2.15. The van der Waals surface area contributed by atoms with Gasteiger partial charge in [0, 0.05) is 22.6 Å². The van der Waals surface area contributed by atoms with E-state index in [0.29, 0.717) is 5.69 Å². The molecule has 0 saturated carbocycles. The molecule has 0 spiro atoms. The number of rotatable bonds is 4. The first-order chi connectivity index (χ1) is 9.65. The number of anilines is 1. The summed E-state index contributed by atoms with van der Waals surface area (Å²) in [6.45, 7) is -0.387. The minimum atomic E-state index is -0.692. The Balaban J connectivity index is 1.85. The van der Waals surface area contributed by atoms with Crippen molar-refractivity contribution in [1.29, 1.82) is 0 Å². The fourth-order valence-electron chi connectivity index (χ4n) is 1.37. The quantitative estimate of drug-likeness (QED) is 0.864. The lowest BCUT2D eigenvalue weighted by Gasteiger charge is -2.06. The first-order valence-corrected chi connectivity index (χ1v) is 6.43. The lowest BCUT2D eigenvalue weighted by molar-refractivity contribution is -0.119. The van der Waals surface area contributed by atoms with Crippen molar-refractivity contribution in [2.75, 3.05) is 11.9 Å². The van der Waals surface area contributed by atoms with Gasteiger partial charge in [0.1, 0.15) is 0 Å². The highest BCUT2D eigenvalue weighted by atomic mass is 79.9. The van der Waals surface area contributed by atoms with Gasteiger partial charge < -0.3 is 10.1 Å². The Morgan fingerprint density at radius 2 is 2.15 bits per heavy atom. The Morgan fingerprint density at radius 1 is 1.30 bits per heavy atom. The maximum absolute atomic E-state index is 11.6. The van der Waals surface area contributed by atoms with E-state index >= 15 is 0 Å². The van der Waals surface area contributed by atoms with Gasteiger partial charge in [0.25, 0.3) is 5.91 Å². The summed E-state index contributed by atoms with van der Waals surface area (Å²) < 4.78 is 5.67. The minimum Gasteiger partial charge on any atom is -0.451 e. The molecule has 7 heteroatoms. The van der Waals surface area contributed by atoms with Crippen LogP contribution in [0.3, 0.4) is 0 Å². The number of aromatic nitrogens is 2. The zero-order valence-corrected chi connectivity index (χ0v) is 11.8. The SMILES string of the molecule is O=C(COC(=O)c1cnccn1)Nc1cccc(Br)c1. The Kier molecular flexibility index (Phi) is 4.78. The van der Waals surface area contributed by atoms with Crippen LogP contribution >= 0.6 is 15.9 Å². The molecule has 0 aliphatic carbocycles. The molecule has 0 radical (unpaired) electrons. The molecule has 2 aromatic rings. The van der Waals surface area contributed by atoms with Gasteiger partial charge in [-0.25, -0.2) is 9.78 Å². The molecule has 1 heterocycles. The van der Waals surface area contributed by atoms with E-state index in [4.69, 9.17) is 4.74 Å². The lowest BCUT2D eigenvalue weighted by Crippen LogP contribution is -2.21. The first kappa shape index (κ1) is 14.1. The van der Waals surface area contributed by atoms with E-state index in [1.807, 2.05) is 6.07 Å². The molecule has 0 unspecified atom stereocenters. The summed E-state index contributed by atoms with van der Waals surface area (Å²) >= 11 is 3.29. The van der Waals surface area contributed by atoms with Crippen molar-refractivity contribution >= 4 is 33.5 Å². The van der Waals surface area contributed by atoms with E-state index in [2.05, 4.69) is 31.2 Å². The molecule has 0 atom stereocenters. The van der Waals surface area contributed by atoms with Crippen molar-refractivity contribution in [2.24, 2.45) is 0 Å². The van der Waals surface area contributed by atoms with Crippen molar-refractivity contribution in [2.45, 2.75) is 0 Å². The first-order valence-electron chi connectivity index (χ1n) is 5.64. The average Bonchev–Trinajstić information content (AvgIpc) is 2.46. The second kappa shape index (κ2) is 6.76. The molecule has 20 heavy (non-hydrogen) atoms. The summed E-state index contributed by atoms with van der Waals surface area (Å²) in [4.78, 5) is 30.7. The number of halogens is 1. The number of benzene rings is 1. The summed E-state index contributed by atoms with van der Waals surface area (Å²) in [5.74, 6) is -1.12. The molecule has 2 rings (SSSR count). The van der Waals surface area contributed by atoms with Crippen LogP contribution in [0.2, 0.25) is 0 Å². The molecule has 1 aromatic carbocycles. The van der Waals surface area contributed by atoms with Crippen molar-refractivity contribution < 1.29 is 14.3 Å². The minimum absolute atomic E-state index is 0.0581. The van der Waals surface area contributed by atoms with Crippen molar-refractivity contribution in [3.8, 4) is 0 Å². The van der Waals surface area contributed by atoms with Crippen molar-refractivity contribution in [3.05, 3.63) is 53.0 Å². The fraction of sp³-hybridized carbons (Fsp3) is 0.0769. The summed E-state index contributed by atoms with van der Waals surface area (Å²) in [6, 6.07) is 7.09. The van der Waals surface area contributed by atoms with Crippen molar-refractivity contribution in [3.63, 3.8) is 0 Å². The number of nitrogens with zero attached hydrogens (tertiary/aromatic N) is 2. The molecule has 0 saturated heterocycles. The van der Waals surface area contributed by atoms with Gasteiger partial charge in [0.15, 0.2) is 12.3 Å². The molecule has 1 amide bonds. The fourth-order valence-corrected chi connectivity index (χ4v) is 1.77. The van der Waals surface area contributed by atoms with Gasteiger partial charge in [0.05, 0.1) is 6.20 Å². The van der Waals surface area contributed by atoms with Gasteiger partial charge in [-0.05, 0) is 18.2 Å². The van der Waals surface area contributed by atoms with Crippen LogP contribution in [-0.2, 0) is 9.53 Å². The van der Waals surface area contributed by atoms with Crippen LogP contribution in [0.5, 0.6) is 0 Å². The van der Waals surface area contributed by atoms with E-state index in [0.717, 1.165) is 4.47 Å². The largest absolute Gasteiger partial charge is 0.451 e. The number of ether oxygens (including phenoxy) is 1. The van der Waals surface area contributed by atoms with Crippen molar-refractivity contribution in [1.82, 2.24) is 9.97 Å². The van der Waals surface area contributed by atoms with Gasteiger partial charge in [0.2, 0.25) is 0 Å². The van der Waals surface area contributed by atoms with Crippen LogP contribution in [0, 0.1) is 0 Å². The van der Waals surface area contributed by atoms with Crippen LogP contribution in [0.15, 0.2) is 47.3 Å². The van der Waals surface area contributed by atoms with E-state index in [1.165, 1.54) is 18.6 Å². The van der Waals surface area contributed by atoms with E-state index in [9.17, 15) is 9.59 Å². The Bertz CT molecular complexity index is 619. The molecular formula is C13H10BrN3O3. The topological polar surface area (TPSA) is 81.2 Å². The standard InChI is InChI=1S/C13H10BrN3O3/c14-9-2-1-3-10(6-9)17-12(18)8-20-13(19)11-7-15-4-5-16-11/h1-7H,8H2,(H,17,18). The normalized spacial score (nSPS) is 9.85. The van der Waals surface area contributed by atoms with Crippen LogP contribution in [0.25, 0.3) is 0 Å². The third-order valence-corrected chi connectivity index (χ3v) is 2.71. The van der Waals surface area contributed by atoms with Crippen LogP contribution in [0.1, 0.15) is 10.5 Å². The molecule has 1 N–H and O–H groups in total. The summed E-state index contributed by atoms with van der Waals surface area (Å²) in [5.41, 5.74) is 0.669. The number of esters is 1. The predicted molar refractivity (Wildman–Crippen MR) is 75.1 cm³/mol. The zero-order valence-electron chi connectivity index (χ0n) is 10.2. The lowest BCUT2D eigenvalue weighted by atomic mass is 10.3. The molecule has 0 aliphatic heterocycles. The number of hydrogen-bond donors (Lipinski definition) is 1. The predicted octanol–water partition coefficient (Wildman–Crippen LogP) is 2.03. The molecule has 0 bridgehead atoms. The molecule has 102 valence electrons. The van der Waals surface area contributed by atoms with E-state index < -0.39 is 11.9 Å². The maximum atomic E-state index is 11.6. The van der Waals surface area contributed by atoms with Gasteiger partial charge >= 0.3 is 5.97 Å². The Hall–Kier alpha value is -2.28. The van der Waals surface area contributed by atoms with Gasteiger partial charge in [-0.3, -0.25) is 9.78 Å². The number of carbonyl (C=O) groups is 2. The molecule has 6 nitrogen and oxygen atoms in total. The second-order valence-corrected chi connectivity index (χ2v) is 4.64. The Labute approximate surface area is 123 Å². The summed E-state index contributed by atoms with van der Waals surface area (Å²) in [7, 11) is 0. The smallest absolute Gasteiger partial charge is 0.359 e. The van der Waals surface area contributed by atoms with E-state index in [-0.39, 0.29) is 12.3 Å². The van der Waals surface area contributed by atoms with Gasteiger partial charge in [-0.2, -0.15) is 0 Å². The van der Waals surface area contributed by atoms with Crippen LogP contribution in [-0.4, -0.2) is 28.5 Å². The Morgan fingerprint density at radius 3 is 2.85 bits per heavy atom. The third-order valence-electron chi connectivity index (χ3n) is 2.22. The number of amides is 1. The van der Waals surface area contributed by atoms with E-state index in [1.54, 1.807) is 18.2 Å². The number of carbonyl (C=O) groups excluding carboxylic acids is 2. The molecule has 0 aliphatic rings.